The zero-order valence-corrected chi connectivity index (χ0v) is 13.9. The van der Waals surface area contributed by atoms with Crippen LogP contribution >= 0.6 is 22.7 Å². The van der Waals surface area contributed by atoms with Crippen molar-refractivity contribution in [3.8, 4) is 16.3 Å². The summed E-state index contributed by atoms with van der Waals surface area (Å²) in [6.07, 6.45) is 2.27. The van der Waals surface area contributed by atoms with Gasteiger partial charge in [-0.1, -0.05) is 11.3 Å². The van der Waals surface area contributed by atoms with Crippen LogP contribution in [0.1, 0.15) is 20.9 Å². The number of primary amides is 1. The normalized spacial score (nSPS) is 10.7. The van der Waals surface area contributed by atoms with Crippen LogP contribution in [0.25, 0.3) is 10.6 Å². The van der Waals surface area contributed by atoms with E-state index in [1.54, 1.807) is 31.5 Å². The molecule has 0 saturated carbocycles. The molecule has 1 aromatic carbocycles. The van der Waals surface area contributed by atoms with Crippen molar-refractivity contribution in [1.29, 1.82) is 0 Å². The molecule has 2 heterocycles. The van der Waals surface area contributed by atoms with Gasteiger partial charge in [0.1, 0.15) is 5.75 Å². The number of aromatic nitrogens is 2. The fourth-order valence-electron chi connectivity index (χ4n) is 2.14. The topological polar surface area (TPSA) is 104 Å². The van der Waals surface area contributed by atoms with Crippen molar-refractivity contribution in [2.45, 2.75) is 6.42 Å². The van der Waals surface area contributed by atoms with Crippen molar-refractivity contribution in [1.82, 2.24) is 9.97 Å². The molecule has 0 spiro atoms. The number of ether oxygens (including phenoxy) is 1. The monoisotopic (exact) mass is 346 g/mol. The van der Waals surface area contributed by atoms with Crippen molar-refractivity contribution in [3.63, 3.8) is 0 Å². The number of methoxy groups -OCH3 is 1. The first-order chi connectivity index (χ1) is 11.1. The number of anilines is 1. The van der Waals surface area contributed by atoms with E-state index in [0.717, 1.165) is 21.1 Å². The van der Waals surface area contributed by atoms with Crippen molar-refractivity contribution >= 4 is 33.7 Å². The maximum atomic E-state index is 11.3. The van der Waals surface area contributed by atoms with Crippen LogP contribution in [0.4, 0.5) is 5.13 Å². The highest BCUT2D eigenvalue weighted by atomic mass is 32.1. The maximum absolute atomic E-state index is 11.3. The minimum atomic E-state index is -0.464. The van der Waals surface area contributed by atoms with Crippen LogP contribution in [-0.2, 0) is 6.42 Å². The van der Waals surface area contributed by atoms with Gasteiger partial charge in [-0.25, -0.2) is 9.97 Å². The van der Waals surface area contributed by atoms with Crippen molar-refractivity contribution < 1.29 is 9.53 Å². The fraction of sp³-hybridized carbons (Fsp3) is 0.133. The molecular weight excluding hydrogens is 332 g/mol. The molecular formula is C15H14N4O2S2. The fourth-order valence-corrected chi connectivity index (χ4v) is 3.68. The van der Waals surface area contributed by atoms with Crippen LogP contribution in [-0.4, -0.2) is 23.0 Å². The largest absolute Gasteiger partial charge is 0.496 e. The molecule has 0 saturated heterocycles. The second-order valence-corrected chi connectivity index (χ2v) is 6.76. The Balaban J connectivity index is 1.88. The van der Waals surface area contributed by atoms with Gasteiger partial charge in [0.05, 0.1) is 22.7 Å². The predicted octanol–water partition coefficient (Wildman–Crippen LogP) is 2.55. The van der Waals surface area contributed by atoms with Crippen LogP contribution in [0.15, 0.2) is 29.8 Å². The number of hydrogen-bond donors (Lipinski definition) is 2. The molecule has 8 heteroatoms. The second-order valence-electron chi connectivity index (χ2n) is 4.76. The summed E-state index contributed by atoms with van der Waals surface area (Å²) in [4.78, 5) is 20.9. The van der Waals surface area contributed by atoms with Gasteiger partial charge in [0.15, 0.2) is 5.13 Å². The first-order valence-electron chi connectivity index (χ1n) is 6.69. The highest BCUT2D eigenvalue weighted by Crippen LogP contribution is 2.30. The van der Waals surface area contributed by atoms with E-state index in [1.165, 1.54) is 22.7 Å². The lowest BCUT2D eigenvalue weighted by molar-refractivity contribution is 0.1000. The van der Waals surface area contributed by atoms with Crippen molar-refractivity contribution in [2.24, 2.45) is 5.73 Å². The predicted molar refractivity (Wildman–Crippen MR) is 92.0 cm³/mol. The summed E-state index contributed by atoms with van der Waals surface area (Å²) in [6.45, 7) is 0. The minimum Gasteiger partial charge on any atom is -0.496 e. The molecule has 118 valence electrons. The summed E-state index contributed by atoms with van der Waals surface area (Å²) in [7, 11) is 1.59. The number of thiazole rings is 2. The van der Waals surface area contributed by atoms with Gasteiger partial charge in [0, 0.05) is 29.1 Å². The summed E-state index contributed by atoms with van der Waals surface area (Å²) in [6, 6.07) is 5.14. The lowest BCUT2D eigenvalue weighted by Gasteiger charge is -2.08. The molecule has 0 aliphatic heterocycles. The Morgan fingerprint density at radius 3 is 2.87 bits per heavy atom. The molecule has 3 rings (SSSR count). The van der Waals surface area contributed by atoms with E-state index in [4.69, 9.17) is 16.2 Å². The van der Waals surface area contributed by atoms with Crippen LogP contribution in [0.3, 0.4) is 0 Å². The van der Waals surface area contributed by atoms with Gasteiger partial charge in [0.25, 0.3) is 0 Å². The number of carbonyl (C=O) groups excluding carboxylic acids is 1. The summed E-state index contributed by atoms with van der Waals surface area (Å²) in [5, 5.41) is 3.39. The molecule has 4 N–H and O–H groups in total. The molecule has 6 nitrogen and oxygen atoms in total. The van der Waals surface area contributed by atoms with Crippen molar-refractivity contribution in [2.75, 3.05) is 12.8 Å². The third-order valence-corrected chi connectivity index (χ3v) is 4.93. The van der Waals surface area contributed by atoms with E-state index in [1.807, 2.05) is 5.38 Å². The Hall–Kier alpha value is -2.45. The lowest BCUT2D eigenvalue weighted by atomic mass is 10.1. The lowest BCUT2D eigenvalue weighted by Crippen LogP contribution is -2.11. The van der Waals surface area contributed by atoms with Crippen LogP contribution in [0, 0.1) is 0 Å². The van der Waals surface area contributed by atoms with Crippen LogP contribution in [0.5, 0.6) is 5.75 Å². The van der Waals surface area contributed by atoms with Gasteiger partial charge >= 0.3 is 0 Å². The molecule has 23 heavy (non-hydrogen) atoms. The van der Waals surface area contributed by atoms with E-state index >= 15 is 0 Å². The third-order valence-electron chi connectivity index (χ3n) is 3.23. The molecule has 0 aliphatic rings. The van der Waals surface area contributed by atoms with E-state index in [9.17, 15) is 4.79 Å². The molecule has 0 fully saturated rings. The van der Waals surface area contributed by atoms with Crippen LogP contribution in [0.2, 0.25) is 0 Å². The molecule has 1 amide bonds. The van der Waals surface area contributed by atoms with Gasteiger partial charge < -0.3 is 16.2 Å². The number of hydrogen-bond acceptors (Lipinski definition) is 7. The highest BCUT2D eigenvalue weighted by Gasteiger charge is 2.12. The van der Waals surface area contributed by atoms with Gasteiger partial charge in [-0.3, -0.25) is 4.79 Å². The quantitative estimate of drug-likeness (QED) is 0.739. The van der Waals surface area contributed by atoms with Crippen LogP contribution < -0.4 is 16.2 Å². The number of benzene rings is 1. The molecule has 0 atom stereocenters. The third kappa shape index (κ3) is 3.33. The second kappa shape index (κ2) is 6.35. The number of amides is 1. The van der Waals surface area contributed by atoms with E-state index < -0.39 is 5.91 Å². The first-order valence-corrected chi connectivity index (χ1v) is 8.39. The van der Waals surface area contributed by atoms with E-state index in [2.05, 4.69) is 9.97 Å². The Bertz CT molecular complexity index is 857. The molecule has 2 aromatic heterocycles. The number of nitrogens with two attached hydrogens (primary N) is 2. The van der Waals surface area contributed by atoms with Gasteiger partial charge in [-0.2, -0.15) is 0 Å². The van der Waals surface area contributed by atoms with E-state index in [0.29, 0.717) is 22.9 Å². The standard InChI is InChI=1S/C15H14N4O2S2/c1-21-11-3-2-8(14(16)20)4-9(11)5-13-19-10(7-22-13)12-6-18-15(17)23-12/h2-4,6-7H,5H2,1H3,(H2,16,20)(H2,17,18). The Morgan fingerprint density at radius 2 is 2.22 bits per heavy atom. The number of nitrogen functional groups attached to an aromatic ring is 1. The average molecular weight is 346 g/mol. The summed E-state index contributed by atoms with van der Waals surface area (Å²) in [5.41, 5.74) is 13.2. The Labute approximate surface area is 140 Å². The SMILES string of the molecule is COc1ccc(C(N)=O)cc1Cc1nc(-c2cnc(N)s2)cs1. The molecule has 0 unspecified atom stereocenters. The Kier molecular flexibility index (Phi) is 4.26. The number of rotatable bonds is 5. The number of carbonyl (C=O) groups is 1. The van der Waals surface area contributed by atoms with Gasteiger partial charge in [-0.15, -0.1) is 11.3 Å². The van der Waals surface area contributed by atoms with E-state index in [-0.39, 0.29) is 0 Å². The Morgan fingerprint density at radius 1 is 1.39 bits per heavy atom. The average Bonchev–Trinajstić information content (AvgIpc) is 3.16. The smallest absolute Gasteiger partial charge is 0.248 e. The first kappa shape index (κ1) is 15.4. The highest BCUT2D eigenvalue weighted by molar-refractivity contribution is 7.19. The van der Waals surface area contributed by atoms with Gasteiger partial charge in [-0.05, 0) is 18.2 Å². The molecule has 0 aliphatic carbocycles. The van der Waals surface area contributed by atoms with Crippen molar-refractivity contribution in [3.05, 3.63) is 45.9 Å². The molecule has 0 radical (unpaired) electrons. The zero-order chi connectivity index (χ0) is 16.4. The summed E-state index contributed by atoms with van der Waals surface area (Å²) in [5.74, 6) is 0.239. The number of nitrogens with zero attached hydrogens (tertiary/aromatic N) is 2. The minimum absolute atomic E-state index is 0.452. The van der Waals surface area contributed by atoms with Gasteiger partial charge in [0.2, 0.25) is 5.91 Å². The molecule has 0 bridgehead atoms. The summed E-state index contributed by atoms with van der Waals surface area (Å²) < 4.78 is 5.35. The zero-order valence-electron chi connectivity index (χ0n) is 12.3. The maximum Gasteiger partial charge on any atom is 0.248 e. The summed E-state index contributed by atoms with van der Waals surface area (Å²) >= 11 is 2.94. The molecule has 3 aromatic rings.